The van der Waals surface area contributed by atoms with Gasteiger partial charge in [-0.25, -0.2) is 0 Å². The van der Waals surface area contributed by atoms with Crippen molar-refractivity contribution in [2.45, 2.75) is 25.8 Å². The minimum Gasteiger partial charge on any atom is -0.540 e. The van der Waals surface area contributed by atoms with Crippen LogP contribution < -0.4 is 4.43 Å². The van der Waals surface area contributed by atoms with Gasteiger partial charge >= 0.3 is 9.76 Å². The van der Waals surface area contributed by atoms with Crippen LogP contribution in [0.1, 0.15) is 20.8 Å². The molecule has 0 saturated carbocycles. The Balaban J connectivity index is 2.51. The zero-order valence-electron chi connectivity index (χ0n) is 8.10. The van der Waals surface area contributed by atoms with E-state index >= 15 is 0 Å². The van der Waals surface area contributed by atoms with E-state index in [1.54, 1.807) is 0 Å². The average molecular weight is 257 g/mol. The van der Waals surface area contributed by atoms with E-state index in [2.05, 4.69) is 36.7 Å². The summed E-state index contributed by atoms with van der Waals surface area (Å²) in [5, 5.41) is 0.243. The Morgan fingerprint density at radius 3 is 2.15 bits per heavy atom. The molecule has 2 radical (unpaired) electrons. The zero-order chi connectivity index (χ0) is 9.90. The van der Waals surface area contributed by atoms with E-state index in [0.717, 1.165) is 10.2 Å². The van der Waals surface area contributed by atoms with Crippen LogP contribution in [0.25, 0.3) is 0 Å². The highest BCUT2D eigenvalue weighted by Crippen LogP contribution is 2.22. The topological polar surface area (TPSA) is 9.23 Å². The smallest absolute Gasteiger partial charge is 0.316 e. The van der Waals surface area contributed by atoms with Crippen molar-refractivity contribution in [3.8, 4) is 5.75 Å². The molecule has 13 heavy (non-hydrogen) atoms. The van der Waals surface area contributed by atoms with Gasteiger partial charge in [-0.2, -0.15) is 0 Å². The van der Waals surface area contributed by atoms with Crippen molar-refractivity contribution >= 4 is 25.7 Å². The number of rotatable bonds is 2. The molecular formula is C10H13BrOSi. The molecular weight excluding hydrogens is 244 g/mol. The maximum Gasteiger partial charge on any atom is 0.316 e. The van der Waals surface area contributed by atoms with Crippen LogP contribution in [0, 0.1) is 0 Å². The fourth-order valence-corrected chi connectivity index (χ4v) is 1.54. The Labute approximate surface area is 90.6 Å². The Kier molecular flexibility index (Phi) is 3.56. The third kappa shape index (κ3) is 4.48. The summed E-state index contributed by atoms with van der Waals surface area (Å²) in [4.78, 5) is 0. The molecule has 0 spiro atoms. The van der Waals surface area contributed by atoms with E-state index in [9.17, 15) is 0 Å². The quantitative estimate of drug-likeness (QED) is 0.734. The van der Waals surface area contributed by atoms with Gasteiger partial charge in [0.15, 0.2) is 0 Å². The fourth-order valence-electron chi connectivity index (χ4n) is 0.715. The first-order chi connectivity index (χ1) is 5.97. The van der Waals surface area contributed by atoms with Gasteiger partial charge < -0.3 is 4.43 Å². The van der Waals surface area contributed by atoms with Crippen molar-refractivity contribution in [3.05, 3.63) is 28.7 Å². The summed E-state index contributed by atoms with van der Waals surface area (Å²) < 4.78 is 6.71. The van der Waals surface area contributed by atoms with Gasteiger partial charge in [-0.3, -0.25) is 0 Å². The van der Waals surface area contributed by atoms with Crippen molar-refractivity contribution in [2.75, 3.05) is 0 Å². The molecule has 3 heteroatoms. The van der Waals surface area contributed by atoms with Crippen LogP contribution in [0.4, 0.5) is 0 Å². The van der Waals surface area contributed by atoms with Crippen LogP contribution in [0.2, 0.25) is 5.04 Å². The van der Waals surface area contributed by atoms with Crippen molar-refractivity contribution in [3.63, 3.8) is 0 Å². The highest BCUT2D eigenvalue weighted by atomic mass is 79.9. The SMILES string of the molecule is CC(C)(C)[Si]Oc1ccc(Br)cc1. The lowest BCUT2D eigenvalue weighted by atomic mass is 10.3. The molecule has 1 nitrogen and oxygen atoms in total. The van der Waals surface area contributed by atoms with Crippen molar-refractivity contribution in [1.82, 2.24) is 0 Å². The second-order valence-electron chi connectivity index (χ2n) is 3.91. The molecule has 1 rings (SSSR count). The summed E-state index contributed by atoms with van der Waals surface area (Å²) in [6.07, 6.45) is 0. The molecule has 0 amide bonds. The van der Waals surface area contributed by atoms with E-state index in [0.29, 0.717) is 9.76 Å². The Morgan fingerprint density at radius 1 is 1.15 bits per heavy atom. The number of hydrogen-bond donors (Lipinski definition) is 0. The first kappa shape index (κ1) is 10.8. The third-order valence-corrected chi connectivity index (χ3v) is 2.77. The van der Waals surface area contributed by atoms with Gasteiger partial charge in [-0.1, -0.05) is 36.7 Å². The van der Waals surface area contributed by atoms with Gasteiger partial charge in [0, 0.05) is 4.47 Å². The Morgan fingerprint density at radius 2 is 1.69 bits per heavy atom. The van der Waals surface area contributed by atoms with Crippen molar-refractivity contribution in [2.24, 2.45) is 0 Å². The van der Waals surface area contributed by atoms with Gasteiger partial charge in [0.1, 0.15) is 5.75 Å². The van der Waals surface area contributed by atoms with Crippen LogP contribution in [-0.2, 0) is 0 Å². The maximum absolute atomic E-state index is 5.63. The predicted octanol–water partition coefficient (Wildman–Crippen LogP) is 3.67. The molecule has 0 aliphatic rings. The molecule has 0 aromatic heterocycles. The van der Waals surface area contributed by atoms with Crippen LogP contribution in [0.3, 0.4) is 0 Å². The molecule has 0 heterocycles. The lowest BCUT2D eigenvalue weighted by molar-refractivity contribution is 0.544. The summed E-state index contributed by atoms with van der Waals surface area (Å²) in [5.74, 6) is 0.941. The lowest BCUT2D eigenvalue weighted by Gasteiger charge is -2.16. The van der Waals surface area contributed by atoms with E-state index in [1.165, 1.54) is 0 Å². The van der Waals surface area contributed by atoms with Crippen molar-refractivity contribution in [1.29, 1.82) is 0 Å². The molecule has 0 atom stereocenters. The first-order valence-electron chi connectivity index (χ1n) is 4.17. The molecule has 0 saturated heterocycles. The molecule has 0 aliphatic heterocycles. The summed E-state index contributed by atoms with van der Waals surface area (Å²) in [6, 6.07) is 7.93. The first-order valence-corrected chi connectivity index (χ1v) is 5.87. The highest BCUT2D eigenvalue weighted by molar-refractivity contribution is 9.10. The van der Waals surface area contributed by atoms with E-state index < -0.39 is 0 Å². The molecule has 0 unspecified atom stereocenters. The van der Waals surface area contributed by atoms with E-state index in [1.807, 2.05) is 24.3 Å². The number of halogens is 1. The van der Waals surface area contributed by atoms with Crippen LogP contribution in [-0.4, -0.2) is 9.76 Å². The lowest BCUT2D eigenvalue weighted by Crippen LogP contribution is -2.15. The third-order valence-electron chi connectivity index (χ3n) is 1.29. The van der Waals surface area contributed by atoms with Crippen LogP contribution in [0.15, 0.2) is 28.7 Å². The summed E-state index contributed by atoms with van der Waals surface area (Å²) >= 11 is 3.38. The summed E-state index contributed by atoms with van der Waals surface area (Å²) in [6.45, 7) is 6.51. The minimum absolute atomic E-state index is 0.243. The van der Waals surface area contributed by atoms with Gasteiger partial charge in [-0.15, -0.1) is 0 Å². The van der Waals surface area contributed by atoms with Crippen LogP contribution >= 0.6 is 15.9 Å². The standard InChI is InChI=1S/C10H13BrOSi/c1-10(2,3)13-12-9-6-4-8(11)5-7-9/h4-7H,1-3H3. The second-order valence-corrected chi connectivity index (χ2v) is 6.73. The Hall–Kier alpha value is -0.283. The van der Waals surface area contributed by atoms with E-state index in [4.69, 9.17) is 4.43 Å². The van der Waals surface area contributed by atoms with E-state index in [-0.39, 0.29) is 5.04 Å². The fraction of sp³-hybridized carbons (Fsp3) is 0.400. The maximum atomic E-state index is 5.63. The van der Waals surface area contributed by atoms with Gasteiger partial charge in [0.25, 0.3) is 0 Å². The molecule has 0 aliphatic carbocycles. The molecule has 70 valence electrons. The second kappa shape index (κ2) is 4.29. The van der Waals surface area contributed by atoms with Gasteiger partial charge in [0.05, 0.1) is 0 Å². The molecule has 0 bridgehead atoms. The monoisotopic (exact) mass is 256 g/mol. The largest absolute Gasteiger partial charge is 0.540 e. The normalized spacial score (nSPS) is 11.4. The average Bonchev–Trinajstić information content (AvgIpc) is 2.02. The molecule has 1 aromatic rings. The van der Waals surface area contributed by atoms with Gasteiger partial charge in [0.2, 0.25) is 0 Å². The molecule has 1 aromatic carbocycles. The molecule has 0 fully saturated rings. The van der Waals surface area contributed by atoms with Gasteiger partial charge in [-0.05, 0) is 29.3 Å². The van der Waals surface area contributed by atoms with Crippen LogP contribution in [0.5, 0.6) is 5.75 Å². The van der Waals surface area contributed by atoms with Crippen molar-refractivity contribution < 1.29 is 4.43 Å². The summed E-state index contributed by atoms with van der Waals surface area (Å²) in [7, 11) is 0.500. The molecule has 0 N–H and O–H groups in total. The Bertz CT molecular complexity index is 263. The summed E-state index contributed by atoms with van der Waals surface area (Å²) in [5.41, 5.74) is 0. The number of hydrogen-bond acceptors (Lipinski definition) is 1. The zero-order valence-corrected chi connectivity index (χ0v) is 10.7. The minimum atomic E-state index is 0.243. The number of benzene rings is 1. The highest BCUT2D eigenvalue weighted by Gasteiger charge is 2.14. The predicted molar refractivity (Wildman–Crippen MR) is 60.2 cm³/mol.